The van der Waals surface area contributed by atoms with E-state index in [4.69, 9.17) is 16.7 Å². The van der Waals surface area contributed by atoms with Gasteiger partial charge in [0.15, 0.2) is 0 Å². The molecule has 1 aromatic carbocycles. The third-order valence-corrected chi connectivity index (χ3v) is 3.36. The summed E-state index contributed by atoms with van der Waals surface area (Å²) in [6.07, 6.45) is 0. The fraction of sp³-hybridized carbons (Fsp3) is 0.417. The lowest BCUT2D eigenvalue weighted by molar-refractivity contribution is 0.0697. The summed E-state index contributed by atoms with van der Waals surface area (Å²) >= 11 is 5.95. The van der Waals surface area contributed by atoms with Gasteiger partial charge in [0.1, 0.15) is 0 Å². The molecule has 4 nitrogen and oxygen atoms in total. The van der Waals surface area contributed by atoms with E-state index in [1.807, 2.05) is 6.07 Å². The minimum atomic E-state index is -0.986. The first kappa shape index (κ1) is 12.2. The number of carbonyl (C=O) groups is 1. The summed E-state index contributed by atoms with van der Waals surface area (Å²) in [7, 11) is 2.10. The maximum absolute atomic E-state index is 10.8. The predicted molar refractivity (Wildman–Crippen MR) is 68.1 cm³/mol. The largest absolute Gasteiger partial charge is 0.478 e. The van der Waals surface area contributed by atoms with E-state index in [0.717, 1.165) is 31.9 Å². The van der Waals surface area contributed by atoms with Gasteiger partial charge in [-0.05, 0) is 25.2 Å². The molecule has 0 spiro atoms. The Labute approximate surface area is 105 Å². The lowest BCUT2D eigenvalue weighted by Crippen LogP contribution is -2.44. The van der Waals surface area contributed by atoms with Crippen LogP contribution < -0.4 is 4.90 Å². The molecular weight excluding hydrogens is 240 g/mol. The zero-order valence-electron chi connectivity index (χ0n) is 9.69. The number of halogens is 1. The van der Waals surface area contributed by atoms with Crippen LogP contribution in [-0.4, -0.2) is 49.2 Å². The summed E-state index contributed by atoms with van der Waals surface area (Å²) in [4.78, 5) is 15.3. The summed E-state index contributed by atoms with van der Waals surface area (Å²) in [5, 5.41) is 9.20. The van der Waals surface area contributed by atoms with Gasteiger partial charge in [0.2, 0.25) is 0 Å². The average Bonchev–Trinajstić information content (AvgIpc) is 2.29. The molecule has 5 heteroatoms. The molecule has 0 amide bonds. The standard InChI is InChI=1S/C12H15ClN2O2/c1-14-4-6-15(7-5-14)9-2-3-10(12(16)17)11(13)8-9/h2-3,8H,4-7H2,1H3,(H,16,17). The van der Waals surface area contributed by atoms with Gasteiger partial charge in [-0.1, -0.05) is 11.6 Å². The molecule has 2 rings (SSSR count). The summed E-state index contributed by atoms with van der Waals surface area (Å²) in [6, 6.07) is 5.12. The number of benzene rings is 1. The number of nitrogens with zero attached hydrogens (tertiary/aromatic N) is 2. The van der Waals surface area contributed by atoms with Crippen molar-refractivity contribution in [1.82, 2.24) is 4.90 Å². The molecule has 0 aromatic heterocycles. The van der Waals surface area contributed by atoms with Crippen LogP contribution in [0.15, 0.2) is 18.2 Å². The molecule has 1 aliphatic rings. The number of hydrogen-bond donors (Lipinski definition) is 1. The summed E-state index contributed by atoms with van der Waals surface area (Å²) in [5.41, 5.74) is 1.15. The summed E-state index contributed by atoms with van der Waals surface area (Å²) < 4.78 is 0. The number of carboxylic acids is 1. The van der Waals surface area contributed by atoms with Crippen molar-refractivity contribution in [3.05, 3.63) is 28.8 Å². The second kappa shape index (κ2) is 4.94. The number of hydrogen-bond acceptors (Lipinski definition) is 3. The van der Waals surface area contributed by atoms with E-state index in [2.05, 4.69) is 16.8 Å². The third-order valence-electron chi connectivity index (χ3n) is 3.05. The highest BCUT2D eigenvalue weighted by atomic mass is 35.5. The Morgan fingerprint density at radius 3 is 2.47 bits per heavy atom. The van der Waals surface area contributed by atoms with Gasteiger partial charge in [0, 0.05) is 31.9 Å². The maximum atomic E-state index is 10.8. The molecule has 0 atom stereocenters. The van der Waals surface area contributed by atoms with Crippen LogP contribution in [0.25, 0.3) is 0 Å². The van der Waals surface area contributed by atoms with Crippen LogP contribution in [0.2, 0.25) is 5.02 Å². The van der Waals surface area contributed by atoms with Crippen molar-refractivity contribution in [3.63, 3.8) is 0 Å². The van der Waals surface area contributed by atoms with Crippen LogP contribution in [0.4, 0.5) is 5.69 Å². The monoisotopic (exact) mass is 254 g/mol. The second-order valence-electron chi connectivity index (χ2n) is 4.26. The van der Waals surface area contributed by atoms with E-state index in [1.165, 1.54) is 0 Å². The Hall–Kier alpha value is -1.26. The number of aromatic carboxylic acids is 1. The topological polar surface area (TPSA) is 43.8 Å². The number of rotatable bonds is 2. The Kier molecular flexibility index (Phi) is 3.54. The molecule has 0 bridgehead atoms. The van der Waals surface area contributed by atoms with Crippen LogP contribution in [0, 0.1) is 0 Å². The summed E-state index contributed by atoms with van der Waals surface area (Å²) in [5.74, 6) is -0.986. The summed E-state index contributed by atoms with van der Waals surface area (Å²) in [6.45, 7) is 3.91. The molecule has 1 aromatic rings. The van der Waals surface area contributed by atoms with E-state index >= 15 is 0 Å². The van der Waals surface area contributed by atoms with Gasteiger partial charge in [0.25, 0.3) is 0 Å². The Bertz CT molecular complexity index is 429. The van der Waals surface area contributed by atoms with Gasteiger partial charge in [-0.25, -0.2) is 4.79 Å². The average molecular weight is 255 g/mol. The molecule has 1 fully saturated rings. The quantitative estimate of drug-likeness (QED) is 0.874. The molecule has 92 valence electrons. The minimum absolute atomic E-state index is 0.157. The van der Waals surface area contributed by atoms with Crippen molar-refractivity contribution >= 4 is 23.3 Å². The zero-order chi connectivity index (χ0) is 12.4. The van der Waals surface area contributed by atoms with Crippen LogP contribution in [0.5, 0.6) is 0 Å². The number of piperazine rings is 1. The van der Waals surface area contributed by atoms with E-state index in [1.54, 1.807) is 12.1 Å². The first-order valence-corrected chi connectivity index (χ1v) is 5.92. The molecule has 0 saturated carbocycles. The van der Waals surface area contributed by atoms with Crippen LogP contribution >= 0.6 is 11.6 Å². The van der Waals surface area contributed by atoms with Crippen molar-refractivity contribution in [2.24, 2.45) is 0 Å². The lowest BCUT2D eigenvalue weighted by atomic mass is 10.2. The zero-order valence-corrected chi connectivity index (χ0v) is 10.4. The molecule has 0 aliphatic carbocycles. The molecular formula is C12H15ClN2O2. The van der Waals surface area contributed by atoms with Crippen LogP contribution in [0.3, 0.4) is 0 Å². The van der Waals surface area contributed by atoms with Crippen molar-refractivity contribution < 1.29 is 9.90 Å². The fourth-order valence-electron chi connectivity index (χ4n) is 1.94. The van der Waals surface area contributed by atoms with E-state index < -0.39 is 5.97 Å². The lowest BCUT2D eigenvalue weighted by Gasteiger charge is -2.34. The first-order chi connectivity index (χ1) is 8.08. The smallest absolute Gasteiger partial charge is 0.337 e. The molecule has 1 N–H and O–H groups in total. The SMILES string of the molecule is CN1CCN(c2ccc(C(=O)O)c(Cl)c2)CC1. The normalized spacial score (nSPS) is 17.2. The van der Waals surface area contributed by atoms with Gasteiger partial charge in [0.05, 0.1) is 10.6 Å². The first-order valence-electron chi connectivity index (χ1n) is 5.54. The number of anilines is 1. The van der Waals surface area contributed by atoms with Crippen molar-refractivity contribution in [2.75, 3.05) is 38.1 Å². The Morgan fingerprint density at radius 2 is 1.94 bits per heavy atom. The molecule has 1 heterocycles. The second-order valence-corrected chi connectivity index (χ2v) is 4.67. The van der Waals surface area contributed by atoms with Gasteiger partial charge >= 0.3 is 5.97 Å². The highest BCUT2D eigenvalue weighted by Crippen LogP contribution is 2.24. The molecule has 0 radical (unpaired) electrons. The van der Waals surface area contributed by atoms with Crippen LogP contribution in [-0.2, 0) is 0 Å². The van der Waals surface area contributed by atoms with E-state index in [-0.39, 0.29) is 5.56 Å². The molecule has 0 unspecified atom stereocenters. The van der Waals surface area contributed by atoms with Crippen molar-refractivity contribution in [2.45, 2.75) is 0 Å². The van der Waals surface area contributed by atoms with E-state index in [0.29, 0.717) is 5.02 Å². The van der Waals surface area contributed by atoms with Crippen molar-refractivity contribution in [3.8, 4) is 0 Å². The molecule has 17 heavy (non-hydrogen) atoms. The highest BCUT2D eigenvalue weighted by molar-refractivity contribution is 6.33. The van der Waals surface area contributed by atoms with E-state index in [9.17, 15) is 4.79 Å². The maximum Gasteiger partial charge on any atom is 0.337 e. The van der Waals surface area contributed by atoms with Crippen LogP contribution in [0.1, 0.15) is 10.4 Å². The van der Waals surface area contributed by atoms with Gasteiger partial charge in [-0.15, -0.1) is 0 Å². The minimum Gasteiger partial charge on any atom is -0.478 e. The van der Waals surface area contributed by atoms with Gasteiger partial charge < -0.3 is 14.9 Å². The third kappa shape index (κ3) is 2.70. The number of carboxylic acid groups (broad SMARTS) is 1. The van der Waals surface area contributed by atoms with Gasteiger partial charge in [-0.3, -0.25) is 0 Å². The highest BCUT2D eigenvalue weighted by Gasteiger charge is 2.16. The number of likely N-dealkylation sites (N-methyl/N-ethyl adjacent to an activating group) is 1. The fourth-order valence-corrected chi connectivity index (χ4v) is 2.19. The molecule has 1 saturated heterocycles. The Balaban J connectivity index is 2.17. The van der Waals surface area contributed by atoms with Crippen molar-refractivity contribution in [1.29, 1.82) is 0 Å². The Morgan fingerprint density at radius 1 is 1.29 bits per heavy atom. The predicted octanol–water partition coefficient (Wildman–Crippen LogP) is 1.79. The van der Waals surface area contributed by atoms with Gasteiger partial charge in [-0.2, -0.15) is 0 Å². The molecule has 1 aliphatic heterocycles.